The fraction of sp³-hybridized carbons (Fsp3) is 0.357. The number of hydrogen-bond donors (Lipinski definition) is 1. The molecule has 0 fully saturated rings. The maximum absolute atomic E-state index is 5.93. The fourth-order valence-electron chi connectivity index (χ4n) is 2.11. The van der Waals surface area contributed by atoms with Crippen LogP contribution < -0.4 is 5.73 Å². The Morgan fingerprint density at radius 3 is 2.78 bits per heavy atom. The molecule has 0 aliphatic heterocycles. The highest BCUT2D eigenvalue weighted by Gasteiger charge is 2.21. The molecule has 2 N–H and O–H groups in total. The number of aromatic nitrogens is 1. The second-order valence-corrected chi connectivity index (χ2v) is 5.37. The van der Waals surface area contributed by atoms with Crippen molar-refractivity contribution >= 4 is 11.3 Å². The summed E-state index contributed by atoms with van der Waals surface area (Å²) < 4.78 is 0. The van der Waals surface area contributed by atoms with E-state index in [1.54, 1.807) is 17.5 Å². The van der Waals surface area contributed by atoms with E-state index in [9.17, 15) is 0 Å². The SMILES string of the molecule is CC(c1cccs1)N(C)C(CN)c1cccnc1. The van der Waals surface area contributed by atoms with Gasteiger partial charge in [-0.25, -0.2) is 0 Å². The zero-order valence-electron chi connectivity index (χ0n) is 10.8. The summed E-state index contributed by atoms with van der Waals surface area (Å²) >= 11 is 1.78. The van der Waals surface area contributed by atoms with Gasteiger partial charge >= 0.3 is 0 Å². The summed E-state index contributed by atoms with van der Waals surface area (Å²) in [5, 5.41) is 2.11. The molecule has 96 valence electrons. The molecular formula is C14H19N3S. The quantitative estimate of drug-likeness (QED) is 0.900. The lowest BCUT2D eigenvalue weighted by Crippen LogP contribution is -2.32. The van der Waals surface area contributed by atoms with E-state index in [1.165, 1.54) is 10.4 Å². The van der Waals surface area contributed by atoms with Crippen LogP contribution >= 0.6 is 11.3 Å². The highest BCUT2D eigenvalue weighted by atomic mass is 32.1. The van der Waals surface area contributed by atoms with Gasteiger partial charge in [0.2, 0.25) is 0 Å². The molecule has 3 nitrogen and oxygen atoms in total. The molecule has 2 atom stereocenters. The molecule has 0 saturated carbocycles. The number of rotatable bonds is 5. The molecule has 2 rings (SSSR count). The van der Waals surface area contributed by atoms with Crippen molar-refractivity contribution in [2.45, 2.75) is 19.0 Å². The maximum atomic E-state index is 5.93. The van der Waals surface area contributed by atoms with Crippen LogP contribution in [0.15, 0.2) is 42.0 Å². The minimum absolute atomic E-state index is 0.204. The topological polar surface area (TPSA) is 42.1 Å². The second kappa shape index (κ2) is 6.09. The lowest BCUT2D eigenvalue weighted by Gasteiger charge is -2.32. The molecule has 0 spiro atoms. The molecule has 2 aromatic heterocycles. The minimum atomic E-state index is 0.204. The number of pyridine rings is 1. The lowest BCUT2D eigenvalue weighted by atomic mass is 10.1. The number of thiophene rings is 1. The Hall–Kier alpha value is -1.23. The van der Waals surface area contributed by atoms with Crippen LogP contribution in [0.2, 0.25) is 0 Å². The predicted molar refractivity (Wildman–Crippen MR) is 76.5 cm³/mol. The first kappa shape index (κ1) is 13.2. The number of hydrogen-bond acceptors (Lipinski definition) is 4. The Morgan fingerprint density at radius 2 is 2.22 bits per heavy atom. The van der Waals surface area contributed by atoms with Gasteiger partial charge in [0.1, 0.15) is 0 Å². The molecule has 0 aliphatic rings. The molecule has 2 heterocycles. The molecule has 0 saturated heterocycles. The molecule has 0 radical (unpaired) electrons. The van der Waals surface area contributed by atoms with Crippen molar-refractivity contribution in [3.63, 3.8) is 0 Å². The first-order chi connectivity index (χ1) is 8.74. The van der Waals surface area contributed by atoms with E-state index in [4.69, 9.17) is 5.73 Å². The molecule has 0 aliphatic carbocycles. The van der Waals surface area contributed by atoms with E-state index < -0.39 is 0 Å². The first-order valence-corrected chi connectivity index (χ1v) is 6.97. The Bertz CT molecular complexity index is 455. The first-order valence-electron chi connectivity index (χ1n) is 6.09. The van der Waals surface area contributed by atoms with Crippen molar-refractivity contribution in [2.75, 3.05) is 13.6 Å². The highest BCUT2D eigenvalue weighted by Crippen LogP contribution is 2.30. The Kier molecular flexibility index (Phi) is 4.47. The lowest BCUT2D eigenvalue weighted by molar-refractivity contribution is 0.192. The molecular weight excluding hydrogens is 242 g/mol. The third-order valence-corrected chi connectivity index (χ3v) is 4.39. The summed E-state index contributed by atoms with van der Waals surface area (Å²) in [4.78, 5) is 7.85. The molecule has 0 amide bonds. The third kappa shape index (κ3) is 2.77. The summed E-state index contributed by atoms with van der Waals surface area (Å²) in [5.41, 5.74) is 7.10. The van der Waals surface area contributed by atoms with Crippen LogP contribution in [0.1, 0.15) is 29.4 Å². The van der Waals surface area contributed by atoms with Gasteiger partial charge in [0, 0.05) is 35.9 Å². The van der Waals surface area contributed by atoms with Crippen molar-refractivity contribution < 1.29 is 0 Å². The van der Waals surface area contributed by atoms with E-state index in [2.05, 4.69) is 47.4 Å². The molecule has 18 heavy (non-hydrogen) atoms. The van der Waals surface area contributed by atoms with Gasteiger partial charge in [0.25, 0.3) is 0 Å². The van der Waals surface area contributed by atoms with E-state index in [1.807, 2.05) is 12.3 Å². The molecule has 2 unspecified atom stereocenters. The number of nitrogens with two attached hydrogens (primary N) is 1. The van der Waals surface area contributed by atoms with E-state index in [0.29, 0.717) is 12.6 Å². The summed E-state index contributed by atoms with van der Waals surface area (Å²) in [6.45, 7) is 2.81. The molecule has 4 heteroatoms. The molecule has 0 aromatic carbocycles. The Balaban J connectivity index is 2.18. The minimum Gasteiger partial charge on any atom is -0.329 e. The average Bonchev–Trinajstić information content (AvgIpc) is 2.94. The second-order valence-electron chi connectivity index (χ2n) is 4.39. The van der Waals surface area contributed by atoms with E-state index >= 15 is 0 Å². The third-order valence-electron chi connectivity index (χ3n) is 3.35. The van der Waals surface area contributed by atoms with Crippen molar-refractivity contribution in [3.8, 4) is 0 Å². The summed E-state index contributed by atoms with van der Waals surface area (Å²) in [6, 6.07) is 8.87. The van der Waals surface area contributed by atoms with Gasteiger partial charge in [-0.15, -0.1) is 11.3 Å². The molecule has 2 aromatic rings. The van der Waals surface area contributed by atoms with Crippen molar-refractivity contribution in [1.82, 2.24) is 9.88 Å². The van der Waals surface area contributed by atoms with Gasteiger partial charge in [-0.2, -0.15) is 0 Å². The largest absolute Gasteiger partial charge is 0.329 e. The summed E-state index contributed by atoms with van der Waals surface area (Å²) in [6.07, 6.45) is 3.69. The van der Waals surface area contributed by atoms with Gasteiger partial charge in [-0.3, -0.25) is 9.88 Å². The van der Waals surface area contributed by atoms with Gasteiger partial charge in [-0.05, 0) is 37.0 Å². The Labute approximate surface area is 112 Å². The average molecular weight is 261 g/mol. The van der Waals surface area contributed by atoms with Crippen LogP contribution in [0, 0.1) is 0 Å². The summed E-state index contributed by atoms with van der Waals surface area (Å²) in [5.74, 6) is 0. The van der Waals surface area contributed by atoms with Crippen molar-refractivity contribution in [3.05, 3.63) is 52.5 Å². The van der Waals surface area contributed by atoms with Gasteiger partial charge in [0.15, 0.2) is 0 Å². The number of likely N-dealkylation sites (N-methyl/N-ethyl adjacent to an activating group) is 1. The Morgan fingerprint density at radius 1 is 1.39 bits per heavy atom. The monoisotopic (exact) mass is 261 g/mol. The van der Waals surface area contributed by atoms with Crippen LogP contribution in [0.25, 0.3) is 0 Å². The molecule has 0 bridgehead atoms. The van der Waals surface area contributed by atoms with Gasteiger partial charge in [0.05, 0.1) is 0 Å². The standard InChI is InChI=1S/C14H19N3S/c1-11(14-6-4-8-18-14)17(2)13(9-15)12-5-3-7-16-10-12/h3-8,10-11,13H,9,15H2,1-2H3. The fourth-order valence-corrected chi connectivity index (χ4v) is 2.94. The van der Waals surface area contributed by atoms with Crippen LogP contribution in [-0.4, -0.2) is 23.5 Å². The normalized spacial score (nSPS) is 14.7. The predicted octanol–water partition coefficient (Wildman–Crippen LogP) is 2.84. The van der Waals surface area contributed by atoms with Crippen LogP contribution in [-0.2, 0) is 0 Å². The zero-order chi connectivity index (χ0) is 13.0. The van der Waals surface area contributed by atoms with Gasteiger partial charge < -0.3 is 5.73 Å². The van der Waals surface area contributed by atoms with E-state index in [-0.39, 0.29) is 6.04 Å². The number of nitrogens with zero attached hydrogens (tertiary/aromatic N) is 2. The van der Waals surface area contributed by atoms with Crippen molar-refractivity contribution in [1.29, 1.82) is 0 Å². The highest BCUT2D eigenvalue weighted by molar-refractivity contribution is 7.10. The smallest absolute Gasteiger partial charge is 0.0489 e. The summed E-state index contributed by atoms with van der Waals surface area (Å²) in [7, 11) is 2.12. The zero-order valence-corrected chi connectivity index (χ0v) is 11.6. The maximum Gasteiger partial charge on any atom is 0.0489 e. The van der Waals surface area contributed by atoms with E-state index in [0.717, 1.165) is 0 Å². The van der Waals surface area contributed by atoms with Crippen LogP contribution in [0.3, 0.4) is 0 Å². The van der Waals surface area contributed by atoms with Crippen LogP contribution in [0.4, 0.5) is 0 Å². The van der Waals surface area contributed by atoms with Crippen LogP contribution in [0.5, 0.6) is 0 Å². The van der Waals surface area contributed by atoms with Gasteiger partial charge in [-0.1, -0.05) is 12.1 Å². The van der Waals surface area contributed by atoms with Crippen molar-refractivity contribution in [2.24, 2.45) is 5.73 Å².